The summed E-state index contributed by atoms with van der Waals surface area (Å²) in [5.41, 5.74) is 1.79. The van der Waals surface area contributed by atoms with Crippen molar-refractivity contribution in [3.05, 3.63) is 70.8 Å². The third-order valence-electron chi connectivity index (χ3n) is 7.43. The molecule has 2 N–H and O–H groups in total. The fraction of sp³-hybridized carbons (Fsp3) is 0.568. The summed E-state index contributed by atoms with van der Waals surface area (Å²) in [7, 11) is 0. The molecule has 260 valence electrons. The molecule has 0 saturated heterocycles. The summed E-state index contributed by atoms with van der Waals surface area (Å²) >= 11 is 1.56. The van der Waals surface area contributed by atoms with Crippen LogP contribution in [0, 0.1) is 13.8 Å². The number of hydrogen-bond donors (Lipinski definition) is 2. The van der Waals surface area contributed by atoms with Gasteiger partial charge < -0.3 is 25.0 Å². The van der Waals surface area contributed by atoms with E-state index in [1.54, 1.807) is 58.2 Å². The van der Waals surface area contributed by atoms with Crippen LogP contribution in [0.1, 0.15) is 96.0 Å². The number of benzene rings is 2. The second kappa shape index (κ2) is 18.1. The van der Waals surface area contributed by atoms with E-state index in [1.807, 2.05) is 75.6 Å². The molecule has 0 saturated carbocycles. The van der Waals surface area contributed by atoms with Gasteiger partial charge in [0.25, 0.3) is 0 Å². The monoisotopic (exact) mass is 669 g/mol. The molecule has 2 rings (SSSR count). The number of nitrogens with zero attached hydrogens (tertiary/aromatic N) is 1. The first-order chi connectivity index (χ1) is 22.0. The first kappa shape index (κ1) is 39.6. The average Bonchev–Trinajstić information content (AvgIpc) is 2.97. The van der Waals surface area contributed by atoms with Crippen molar-refractivity contribution in [2.24, 2.45) is 0 Å². The van der Waals surface area contributed by atoms with Crippen molar-refractivity contribution in [2.45, 2.75) is 117 Å². The molecule has 0 bridgehead atoms. The predicted molar refractivity (Wildman–Crippen MR) is 189 cm³/mol. The number of thioether (sulfide) groups is 1. The quantitative estimate of drug-likeness (QED) is 0.203. The lowest BCUT2D eigenvalue weighted by atomic mass is 9.94. The third kappa shape index (κ3) is 13.2. The van der Waals surface area contributed by atoms with Crippen LogP contribution in [0.15, 0.2) is 48.5 Å². The maximum Gasteiger partial charge on any atom is 0.408 e. The predicted octanol–water partition coefficient (Wildman–Crippen LogP) is 6.69. The van der Waals surface area contributed by atoms with Crippen molar-refractivity contribution < 1.29 is 28.7 Å². The summed E-state index contributed by atoms with van der Waals surface area (Å²) in [6.45, 7) is 16.8. The molecule has 2 aromatic carbocycles. The Bertz CT molecular complexity index is 1340. The summed E-state index contributed by atoms with van der Waals surface area (Å²) in [6.07, 6.45) is 3.18. The van der Waals surface area contributed by atoms with E-state index in [4.69, 9.17) is 9.47 Å². The molecular weight excluding hydrogens is 614 g/mol. The molecule has 3 unspecified atom stereocenters. The minimum absolute atomic E-state index is 0.209. The van der Waals surface area contributed by atoms with Gasteiger partial charge in [0, 0.05) is 13.0 Å². The van der Waals surface area contributed by atoms with Crippen LogP contribution in [0.2, 0.25) is 0 Å². The zero-order valence-electron chi connectivity index (χ0n) is 29.9. The molecule has 47 heavy (non-hydrogen) atoms. The van der Waals surface area contributed by atoms with Crippen LogP contribution < -0.4 is 10.6 Å². The standard InChI is InChI=1S/C37H55N3O6S/c1-11-12-22-40(33(42)29(21-23-47-10)39-35(44)46-37(7,8)9)31(28-20-16-17-25(2)26(28)3)32(41)38-30(34(43)45-36(4,5)6)24-27-18-14-13-15-19-27/h13-20,29-31H,11-12,21-24H2,1-10H3,(H,38,41)(H,39,44). The summed E-state index contributed by atoms with van der Waals surface area (Å²) in [4.78, 5) is 57.2. The highest BCUT2D eigenvalue weighted by molar-refractivity contribution is 7.98. The highest BCUT2D eigenvalue weighted by Crippen LogP contribution is 2.29. The van der Waals surface area contributed by atoms with E-state index in [2.05, 4.69) is 10.6 Å². The van der Waals surface area contributed by atoms with Gasteiger partial charge in [-0.1, -0.05) is 61.9 Å². The molecule has 0 aliphatic rings. The van der Waals surface area contributed by atoms with Crippen molar-refractivity contribution in [1.29, 1.82) is 0 Å². The number of esters is 1. The van der Waals surface area contributed by atoms with Crippen molar-refractivity contribution in [3.8, 4) is 0 Å². The van der Waals surface area contributed by atoms with E-state index in [1.165, 1.54) is 0 Å². The van der Waals surface area contributed by atoms with E-state index in [-0.39, 0.29) is 13.0 Å². The SMILES string of the molecule is CCCCN(C(=O)C(CCSC)NC(=O)OC(C)(C)C)C(C(=O)NC(Cc1ccccc1)C(=O)OC(C)(C)C)c1cccc(C)c1C. The molecular formula is C37H55N3O6S. The lowest BCUT2D eigenvalue weighted by molar-refractivity contribution is -0.159. The number of hydrogen-bond acceptors (Lipinski definition) is 7. The van der Waals surface area contributed by atoms with Gasteiger partial charge in [-0.15, -0.1) is 0 Å². The Morgan fingerprint density at radius 2 is 1.49 bits per heavy atom. The first-order valence-electron chi connectivity index (χ1n) is 16.4. The van der Waals surface area contributed by atoms with Crippen molar-refractivity contribution in [1.82, 2.24) is 15.5 Å². The van der Waals surface area contributed by atoms with Crippen molar-refractivity contribution >= 4 is 35.6 Å². The Labute approximate surface area is 285 Å². The summed E-state index contributed by atoms with van der Waals surface area (Å²) in [5, 5.41) is 5.76. The van der Waals surface area contributed by atoms with Crippen LogP contribution in [0.25, 0.3) is 0 Å². The highest BCUT2D eigenvalue weighted by Gasteiger charge is 2.38. The molecule has 0 aromatic heterocycles. The number of unbranched alkanes of at least 4 members (excludes halogenated alkanes) is 1. The number of carbonyl (C=O) groups is 4. The number of carbonyl (C=O) groups excluding carboxylic acids is 4. The molecule has 0 aliphatic carbocycles. The molecule has 0 radical (unpaired) electrons. The van der Waals surface area contributed by atoms with Gasteiger partial charge in [0.05, 0.1) is 0 Å². The molecule has 3 atom stereocenters. The third-order valence-corrected chi connectivity index (χ3v) is 8.07. The van der Waals surface area contributed by atoms with Crippen LogP contribution in [0.3, 0.4) is 0 Å². The van der Waals surface area contributed by atoms with Gasteiger partial charge in [0.1, 0.15) is 29.3 Å². The van der Waals surface area contributed by atoms with Gasteiger partial charge in [-0.2, -0.15) is 11.8 Å². The zero-order chi connectivity index (χ0) is 35.4. The molecule has 0 spiro atoms. The Kier molecular flexibility index (Phi) is 15.3. The summed E-state index contributed by atoms with van der Waals surface area (Å²) in [5.74, 6) is -0.858. The van der Waals surface area contributed by atoms with Crippen LogP contribution >= 0.6 is 11.8 Å². The van der Waals surface area contributed by atoms with Gasteiger partial charge in [0.15, 0.2) is 0 Å². The van der Waals surface area contributed by atoms with Crippen LogP contribution in [-0.2, 0) is 30.3 Å². The first-order valence-corrected chi connectivity index (χ1v) is 17.8. The van der Waals surface area contributed by atoms with Gasteiger partial charge in [-0.05, 0) is 102 Å². The Morgan fingerprint density at radius 1 is 0.851 bits per heavy atom. The van der Waals surface area contributed by atoms with E-state index in [9.17, 15) is 19.2 Å². The lowest BCUT2D eigenvalue weighted by Gasteiger charge is -2.36. The number of nitrogens with one attached hydrogen (secondary N) is 2. The minimum atomic E-state index is -1.08. The largest absolute Gasteiger partial charge is 0.458 e. The topological polar surface area (TPSA) is 114 Å². The number of amides is 3. The normalized spacial score (nSPS) is 13.6. The second-order valence-corrected chi connectivity index (χ2v) is 14.8. The number of alkyl carbamates (subject to hydrolysis) is 1. The molecule has 9 nitrogen and oxygen atoms in total. The van der Waals surface area contributed by atoms with E-state index >= 15 is 0 Å². The average molecular weight is 670 g/mol. The van der Waals surface area contributed by atoms with Gasteiger partial charge in [-0.25, -0.2) is 9.59 Å². The molecule has 0 heterocycles. The number of aryl methyl sites for hydroxylation is 1. The molecule has 2 aromatic rings. The lowest BCUT2D eigenvalue weighted by Crippen LogP contribution is -2.55. The second-order valence-electron chi connectivity index (χ2n) is 13.8. The van der Waals surface area contributed by atoms with Gasteiger partial charge in [-0.3, -0.25) is 9.59 Å². The fourth-order valence-electron chi connectivity index (χ4n) is 5.03. The maximum atomic E-state index is 14.6. The fourth-order valence-corrected chi connectivity index (χ4v) is 5.50. The molecule has 10 heteroatoms. The number of ether oxygens (including phenoxy) is 2. The summed E-state index contributed by atoms with van der Waals surface area (Å²) < 4.78 is 11.2. The van der Waals surface area contributed by atoms with E-state index in [0.717, 1.165) is 23.1 Å². The van der Waals surface area contributed by atoms with E-state index in [0.29, 0.717) is 24.2 Å². The van der Waals surface area contributed by atoms with Gasteiger partial charge in [0.2, 0.25) is 11.8 Å². The molecule has 0 aliphatic heterocycles. The Hall–Kier alpha value is -3.53. The zero-order valence-corrected chi connectivity index (χ0v) is 30.7. The Balaban J connectivity index is 2.65. The Morgan fingerprint density at radius 3 is 2.06 bits per heavy atom. The van der Waals surface area contributed by atoms with Crippen molar-refractivity contribution in [3.63, 3.8) is 0 Å². The van der Waals surface area contributed by atoms with Crippen LogP contribution in [-0.4, -0.2) is 70.6 Å². The molecule has 3 amide bonds. The van der Waals surface area contributed by atoms with Crippen LogP contribution in [0.4, 0.5) is 4.79 Å². The van der Waals surface area contributed by atoms with Crippen molar-refractivity contribution in [2.75, 3.05) is 18.6 Å². The van der Waals surface area contributed by atoms with Crippen LogP contribution in [0.5, 0.6) is 0 Å². The summed E-state index contributed by atoms with van der Waals surface area (Å²) in [6, 6.07) is 12.1. The maximum absolute atomic E-state index is 14.6. The number of rotatable bonds is 15. The minimum Gasteiger partial charge on any atom is -0.458 e. The van der Waals surface area contributed by atoms with Gasteiger partial charge >= 0.3 is 12.1 Å². The highest BCUT2D eigenvalue weighted by atomic mass is 32.2. The van der Waals surface area contributed by atoms with E-state index < -0.39 is 53.2 Å². The smallest absolute Gasteiger partial charge is 0.408 e. The molecule has 0 fully saturated rings.